The van der Waals surface area contributed by atoms with Gasteiger partial charge >= 0.3 is 5.97 Å². The normalized spacial score (nSPS) is 17.9. The van der Waals surface area contributed by atoms with Crippen LogP contribution < -0.4 is 4.74 Å². The molecule has 1 fully saturated rings. The average molecular weight is 454 g/mol. The summed E-state index contributed by atoms with van der Waals surface area (Å²) in [5.74, 6) is 0.173. The highest BCUT2D eigenvalue weighted by molar-refractivity contribution is 5.71. The molecular formula is C28H27N3O3. The van der Waals surface area contributed by atoms with Gasteiger partial charge in [-0.2, -0.15) is 5.10 Å². The minimum absolute atomic E-state index is 0.109. The van der Waals surface area contributed by atoms with Crippen molar-refractivity contribution in [3.63, 3.8) is 0 Å². The highest BCUT2D eigenvalue weighted by atomic mass is 16.5. The Balaban J connectivity index is 1.20. The summed E-state index contributed by atoms with van der Waals surface area (Å²) in [4.78, 5) is 15.4. The van der Waals surface area contributed by atoms with E-state index >= 15 is 0 Å². The van der Waals surface area contributed by atoms with Crippen molar-refractivity contribution in [1.82, 2.24) is 15.2 Å². The van der Waals surface area contributed by atoms with Crippen LogP contribution in [0.5, 0.6) is 5.88 Å². The molecule has 0 atom stereocenters. The van der Waals surface area contributed by atoms with Crippen molar-refractivity contribution in [1.29, 1.82) is 0 Å². The zero-order valence-electron chi connectivity index (χ0n) is 18.9. The van der Waals surface area contributed by atoms with E-state index in [1.54, 1.807) is 0 Å². The summed E-state index contributed by atoms with van der Waals surface area (Å²) in [6.45, 7) is 0. The van der Waals surface area contributed by atoms with Crippen molar-refractivity contribution < 1.29 is 14.6 Å². The molecule has 0 unspecified atom stereocenters. The number of nitrogens with one attached hydrogen (secondary N) is 1. The fourth-order valence-corrected chi connectivity index (χ4v) is 4.56. The number of aromatic nitrogens is 3. The smallest absolute Gasteiger partial charge is 0.303 e. The van der Waals surface area contributed by atoms with Gasteiger partial charge in [0.05, 0.1) is 11.4 Å². The van der Waals surface area contributed by atoms with Gasteiger partial charge in [-0.3, -0.25) is 9.89 Å². The summed E-state index contributed by atoms with van der Waals surface area (Å²) in [6.07, 6.45) is 5.75. The number of pyridine rings is 1. The monoisotopic (exact) mass is 453 g/mol. The minimum atomic E-state index is -0.712. The van der Waals surface area contributed by atoms with Crippen molar-refractivity contribution in [3.8, 4) is 39.5 Å². The van der Waals surface area contributed by atoms with E-state index in [9.17, 15) is 4.79 Å². The molecule has 172 valence electrons. The molecule has 4 aromatic rings. The molecule has 34 heavy (non-hydrogen) atoms. The van der Waals surface area contributed by atoms with E-state index in [4.69, 9.17) is 9.84 Å². The van der Waals surface area contributed by atoms with E-state index in [0.29, 0.717) is 5.88 Å². The van der Waals surface area contributed by atoms with E-state index < -0.39 is 5.97 Å². The number of hydrogen-bond acceptors (Lipinski definition) is 4. The van der Waals surface area contributed by atoms with E-state index in [1.807, 2.05) is 48.7 Å². The maximum absolute atomic E-state index is 10.9. The number of ether oxygens (including phenoxy) is 1. The lowest BCUT2D eigenvalue weighted by molar-refractivity contribution is -0.138. The van der Waals surface area contributed by atoms with Crippen molar-refractivity contribution >= 4 is 5.97 Å². The van der Waals surface area contributed by atoms with Crippen molar-refractivity contribution in [2.45, 2.75) is 38.2 Å². The lowest BCUT2D eigenvalue weighted by Crippen LogP contribution is -2.25. The summed E-state index contributed by atoms with van der Waals surface area (Å²) < 4.78 is 6.05. The van der Waals surface area contributed by atoms with Crippen LogP contribution >= 0.6 is 0 Å². The SMILES string of the molecule is O=C(O)C[C@H]1CC[C@H](Oc2ccc(-c3ccc(-c4cc(-c5ccccc5)n[nH]4)cc3)cn2)CC1. The number of carboxylic acids is 1. The first-order chi connectivity index (χ1) is 16.6. The summed E-state index contributed by atoms with van der Waals surface area (Å²) in [5, 5.41) is 16.5. The summed E-state index contributed by atoms with van der Waals surface area (Å²) in [5.41, 5.74) is 6.17. The van der Waals surface area contributed by atoms with Crippen LogP contribution in [0.15, 0.2) is 79.0 Å². The van der Waals surface area contributed by atoms with Crippen LogP contribution in [0.3, 0.4) is 0 Å². The highest BCUT2D eigenvalue weighted by Gasteiger charge is 2.24. The van der Waals surface area contributed by atoms with Gasteiger partial charge in [0.1, 0.15) is 6.10 Å². The van der Waals surface area contributed by atoms with Gasteiger partial charge in [0.15, 0.2) is 0 Å². The van der Waals surface area contributed by atoms with Gasteiger partial charge in [-0.1, -0.05) is 54.6 Å². The van der Waals surface area contributed by atoms with Gasteiger partial charge < -0.3 is 9.84 Å². The summed E-state index contributed by atoms with van der Waals surface area (Å²) in [6, 6.07) is 24.4. The molecule has 6 nitrogen and oxygen atoms in total. The molecule has 0 bridgehead atoms. The Kier molecular flexibility index (Phi) is 6.38. The van der Waals surface area contributed by atoms with Crippen LogP contribution in [0.1, 0.15) is 32.1 Å². The molecule has 0 amide bonds. The third kappa shape index (κ3) is 5.17. The number of rotatable bonds is 7. The molecule has 0 aliphatic heterocycles. The Morgan fingerprint density at radius 3 is 2.26 bits per heavy atom. The number of hydrogen-bond donors (Lipinski definition) is 2. The largest absolute Gasteiger partial charge is 0.481 e. The Hall–Kier alpha value is -3.93. The second-order valence-corrected chi connectivity index (χ2v) is 8.85. The van der Waals surface area contributed by atoms with Crippen molar-refractivity contribution in [2.24, 2.45) is 5.92 Å². The summed E-state index contributed by atoms with van der Waals surface area (Å²) in [7, 11) is 0. The third-order valence-electron chi connectivity index (χ3n) is 6.46. The number of aliphatic carboxylic acids is 1. The first kappa shape index (κ1) is 21.9. The number of nitrogens with zero attached hydrogens (tertiary/aromatic N) is 2. The third-order valence-corrected chi connectivity index (χ3v) is 6.46. The number of carbonyl (C=O) groups is 1. The topological polar surface area (TPSA) is 88.1 Å². The number of carboxylic acid groups (broad SMARTS) is 1. The lowest BCUT2D eigenvalue weighted by atomic mass is 9.85. The van der Waals surface area contributed by atoms with Crippen molar-refractivity contribution in [2.75, 3.05) is 0 Å². The molecule has 1 saturated carbocycles. The Labute approximate surface area is 198 Å². The van der Waals surface area contributed by atoms with Crippen LogP contribution in [0.25, 0.3) is 33.6 Å². The van der Waals surface area contributed by atoms with Crippen LogP contribution in [0.2, 0.25) is 0 Å². The Morgan fingerprint density at radius 2 is 1.59 bits per heavy atom. The van der Waals surface area contributed by atoms with Crippen LogP contribution in [0, 0.1) is 5.92 Å². The molecule has 2 aromatic heterocycles. The molecule has 1 aliphatic carbocycles. The zero-order chi connectivity index (χ0) is 23.3. The second kappa shape index (κ2) is 9.91. The van der Waals surface area contributed by atoms with E-state index in [-0.39, 0.29) is 18.4 Å². The first-order valence-electron chi connectivity index (χ1n) is 11.7. The quantitative estimate of drug-likeness (QED) is 0.347. The van der Waals surface area contributed by atoms with Crippen LogP contribution in [-0.4, -0.2) is 32.4 Å². The van der Waals surface area contributed by atoms with Gasteiger partial charge in [0, 0.05) is 29.8 Å². The number of H-pyrrole nitrogens is 1. The molecule has 0 spiro atoms. The lowest BCUT2D eigenvalue weighted by Gasteiger charge is -2.27. The van der Waals surface area contributed by atoms with E-state index in [1.165, 1.54) is 0 Å². The predicted octanol–water partition coefficient (Wildman–Crippen LogP) is 6.22. The average Bonchev–Trinajstić information content (AvgIpc) is 3.37. The van der Waals surface area contributed by atoms with Crippen molar-refractivity contribution in [3.05, 3.63) is 79.0 Å². The van der Waals surface area contributed by atoms with Gasteiger partial charge in [-0.15, -0.1) is 0 Å². The summed E-state index contributed by atoms with van der Waals surface area (Å²) >= 11 is 0. The molecule has 2 aromatic carbocycles. The number of benzene rings is 2. The fourth-order valence-electron chi connectivity index (χ4n) is 4.56. The Morgan fingerprint density at radius 1 is 0.882 bits per heavy atom. The van der Waals surface area contributed by atoms with E-state index in [2.05, 4.69) is 45.5 Å². The maximum atomic E-state index is 10.9. The zero-order valence-corrected chi connectivity index (χ0v) is 18.9. The highest BCUT2D eigenvalue weighted by Crippen LogP contribution is 2.30. The van der Waals surface area contributed by atoms with Crippen LogP contribution in [-0.2, 0) is 4.79 Å². The first-order valence-corrected chi connectivity index (χ1v) is 11.7. The molecule has 0 radical (unpaired) electrons. The fraction of sp³-hybridized carbons (Fsp3) is 0.250. The molecular weight excluding hydrogens is 426 g/mol. The second-order valence-electron chi connectivity index (χ2n) is 8.85. The molecule has 2 heterocycles. The predicted molar refractivity (Wildman–Crippen MR) is 131 cm³/mol. The standard InChI is InChI=1S/C28H27N3O3/c32-28(33)16-19-6-13-24(14-7-19)34-27-15-12-23(18-29-27)20-8-10-22(11-9-20)26-17-25(30-31-26)21-4-2-1-3-5-21/h1-5,8-12,15,17-19,24H,6-7,13-14,16H2,(H,30,31)(H,32,33)/t19-,24-. The molecule has 5 rings (SSSR count). The molecule has 0 saturated heterocycles. The molecule has 2 N–H and O–H groups in total. The van der Waals surface area contributed by atoms with Crippen LogP contribution in [0.4, 0.5) is 0 Å². The molecule has 1 aliphatic rings. The van der Waals surface area contributed by atoms with Gasteiger partial charge in [-0.05, 0) is 54.9 Å². The number of aromatic amines is 1. The van der Waals surface area contributed by atoms with Gasteiger partial charge in [-0.25, -0.2) is 4.98 Å². The minimum Gasteiger partial charge on any atom is -0.481 e. The maximum Gasteiger partial charge on any atom is 0.303 e. The van der Waals surface area contributed by atoms with Gasteiger partial charge in [0.2, 0.25) is 5.88 Å². The van der Waals surface area contributed by atoms with E-state index in [0.717, 1.165) is 59.3 Å². The molecule has 6 heteroatoms. The van der Waals surface area contributed by atoms with Gasteiger partial charge in [0.25, 0.3) is 0 Å². The Bertz CT molecular complexity index is 1230.